The van der Waals surface area contributed by atoms with Crippen LogP contribution in [0.4, 0.5) is 0 Å². The molecule has 5 nitrogen and oxygen atoms in total. The van der Waals surface area contributed by atoms with Gasteiger partial charge in [-0.3, -0.25) is 14.5 Å². The third kappa shape index (κ3) is 3.91. The van der Waals surface area contributed by atoms with Crippen LogP contribution in [0.1, 0.15) is 36.9 Å². The van der Waals surface area contributed by atoms with Crippen molar-refractivity contribution in [3.63, 3.8) is 0 Å². The molecule has 1 fully saturated rings. The molecule has 2 aliphatic rings. The Morgan fingerprint density at radius 3 is 2.65 bits per heavy atom. The maximum atomic E-state index is 12.4. The lowest BCUT2D eigenvalue weighted by Gasteiger charge is -2.34. The van der Waals surface area contributed by atoms with Crippen molar-refractivity contribution in [3.05, 3.63) is 35.4 Å². The first-order valence-electron chi connectivity index (χ1n) is 8.48. The molecule has 0 radical (unpaired) electrons. The van der Waals surface area contributed by atoms with Crippen molar-refractivity contribution in [2.75, 3.05) is 32.7 Å². The summed E-state index contributed by atoms with van der Waals surface area (Å²) in [6.07, 6.45) is 3.25. The molecule has 0 bridgehead atoms. The Hall–Kier alpha value is -1.88. The van der Waals surface area contributed by atoms with Crippen LogP contribution < -0.4 is 5.32 Å². The number of aryl methyl sites for hydroxylation is 1. The van der Waals surface area contributed by atoms with Gasteiger partial charge in [-0.2, -0.15) is 0 Å². The highest BCUT2D eigenvalue weighted by molar-refractivity contribution is 5.78. The van der Waals surface area contributed by atoms with Gasteiger partial charge in [0.05, 0.1) is 12.6 Å². The molecule has 0 unspecified atom stereocenters. The van der Waals surface area contributed by atoms with Crippen LogP contribution in [0.25, 0.3) is 0 Å². The summed E-state index contributed by atoms with van der Waals surface area (Å²) in [5.74, 6) is 0.205. The fraction of sp³-hybridized carbons (Fsp3) is 0.556. The molecule has 5 heteroatoms. The second kappa shape index (κ2) is 7.13. The molecular weight excluding hydrogens is 290 g/mol. The summed E-state index contributed by atoms with van der Waals surface area (Å²) in [6.45, 7) is 5.00. The number of hydrogen-bond acceptors (Lipinski definition) is 3. The Bertz CT molecular complexity index is 579. The highest BCUT2D eigenvalue weighted by atomic mass is 16.2. The largest absolute Gasteiger partial charge is 0.348 e. The Morgan fingerprint density at radius 2 is 1.91 bits per heavy atom. The average molecular weight is 315 g/mol. The molecule has 1 atom stereocenters. The quantitative estimate of drug-likeness (QED) is 0.916. The van der Waals surface area contributed by atoms with Gasteiger partial charge in [-0.15, -0.1) is 0 Å². The van der Waals surface area contributed by atoms with Crippen LogP contribution in [0.2, 0.25) is 0 Å². The zero-order chi connectivity index (χ0) is 16.2. The van der Waals surface area contributed by atoms with Crippen LogP contribution in [0.3, 0.4) is 0 Å². The number of carbonyl (C=O) groups excluding carboxylic acids is 2. The Kier molecular flexibility index (Phi) is 4.96. The molecule has 1 heterocycles. The summed E-state index contributed by atoms with van der Waals surface area (Å²) in [7, 11) is 0. The third-order valence-electron chi connectivity index (χ3n) is 4.89. The molecule has 1 aromatic rings. The first-order valence-corrected chi connectivity index (χ1v) is 8.48. The van der Waals surface area contributed by atoms with Gasteiger partial charge >= 0.3 is 0 Å². The number of rotatable bonds is 3. The summed E-state index contributed by atoms with van der Waals surface area (Å²) in [5.41, 5.74) is 2.63. The SMILES string of the molecule is CC(=O)N1CCN(CC(=O)N[C@H]2CCCc3ccccc32)CC1. The molecule has 2 amide bonds. The average Bonchev–Trinajstić information content (AvgIpc) is 2.55. The van der Waals surface area contributed by atoms with Crippen molar-refractivity contribution in [2.45, 2.75) is 32.2 Å². The van der Waals surface area contributed by atoms with Crippen LogP contribution in [0, 0.1) is 0 Å². The predicted molar refractivity (Wildman–Crippen MR) is 89.0 cm³/mol. The van der Waals surface area contributed by atoms with Crippen molar-refractivity contribution in [1.29, 1.82) is 0 Å². The lowest BCUT2D eigenvalue weighted by molar-refractivity contribution is -0.131. The van der Waals surface area contributed by atoms with Gasteiger partial charge in [-0.05, 0) is 30.4 Å². The number of nitrogens with one attached hydrogen (secondary N) is 1. The molecule has 1 aromatic carbocycles. The highest BCUT2D eigenvalue weighted by Crippen LogP contribution is 2.29. The van der Waals surface area contributed by atoms with Gasteiger partial charge in [0, 0.05) is 33.1 Å². The standard InChI is InChI=1S/C18H25N3O2/c1-14(22)21-11-9-20(10-12-21)13-18(23)19-17-8-4-6-15-5-2-3-7-16(15)17/h2-3,5,7,17H,4,6,8-13H2,1H3,(H,19,23)/t17-/m0/s1. The minimum absolute atomic E-state index is 0.0861. The molecule has 0 aromatic heterocycles. The number of carbonyl (C=O) groups is 2. The van der Waals surface area contributed by atoms with Gasteiger partial charge in [-0.25, -0.2) is 0 Å². The van der Waals surface area contributed by atoms with Gasteiger partial charge in [-0.1, -0.05) is 24.3 Å². The minimum Gasteiger partial charge on any atom is -0.348 e. The number of amides is 2. The maximum absolute atomic E-state index is 12.4. The van der Waals surface area contributed by atoms with Gasteiger partial charge in [0.2, 0.25) is 11.8 Å². The van der Waals surface area contributed by atoms with Crippen molar-refractivity contribution in [1.82, 2.24) is 15.1 Å². The van der Waals surface area contributed by atoms with Crippen LogP contribution in [0.5, 0.6) is 0 Å². The first-order chi connectivity index (χ1) is 11.1. The maximum Gasteiger partial charge on any atom is 0.234 e. The monoisotopic (exact) mass is 315 g/mol. The number of benzene rings is 1. The third-order valence-corrected chi connectivity index (χ3v) is 4.89. The molecule has 1 N–H and O–H groups in total. The minimum atomic E-state index is 0.0861. The van der Waals surface area contributed by atoms with E-state index in [0.29, 0.717) is 6.54 Å². The van der Waals surface area contributed by atoms with Crippen LogP contribution in [-0.2, 0) is 16.0 Å². The van der Waals surface area contributed by atoms with E-state index >= 15 is 0 Å². The van der Waals surface area contributed by atoms with E-state index in [9.17, 15) is 9.59 Å². The van der Waals surface area contributed by atoms with Gasteiger partial charge < -0.3 is 10.2 Å². The van der Waals surface area contributed by atoms with E-state index < -0.39 is 0 Å². The number of fused-ring (bicyclic) bond motifs is 1. The van der Waals surface area contributed by atoms with Crippen molar-refractivity contribution in [3.8, 4) is 0 Å². The summed E-state index contributed by atoms with van der Waals surface area (Å²) in [5, 5.41) is 3.20. The topological polar surface area (TPSA) is 52.7 Å². The van der Waals surface area contributed by atoms with E-state index in [4.69, 9.17) is 0 Å². The lowest BCUT2D eigenvalue weighted by Crippen LogP contribution is -2.50. The molecule has 0 saturated carbocycles. The van der Waals surface area contributed by atoms with Gasteiger partial charge in [0.15, 0.2) is 0 Å². The second-order valence-corrected chi connectivity index (χ2v) is 6.49. The molecule has 124 valence electrons. The van der Waals surface area contributed by atoms with E-state index in [2.05, 4.69) is 28.4 Å². The normalized spacial score (nSPS) is 21.6. The summed E-state index contributed by atoms with van der Waals surface area (Å²) in [6, 6.07) is 8.55. The van der Waals surface area contributed by atoms with Crippen molar-refractivity contribution < 1.29 is 9.59 Å². The zero-order valence-electron chi connectivity index (χ0n) is 13.8. The van der Waals surface area contributed by atoms with Gasteiger partial charge in [0.1, 0.15) is 0 Å². The van der Waals surface area contributed by atoms with Gasteiger partial charge in [0.25, 0.3) is 0 Å². The van der Waals surface area contributed by atoms with E-state index in [0.717, 1.165) is 45.4 Å². The van der Waals surface area contributed by atoms with E-state index in [1.807, 2.05) is 11.0 Å². The molecule has 1 aliphatic heterocycles. The second-order valence-electron chi connectivity index (χ2n) is 6.49. The molecular formula is C18H25N3O2. The van der Waals surface area contributed by atoms with E-state index in [-0.39, 0.29) is 17.9 Å². The first kappa shape index (κ1) is 16.0. The molecule has 3 rings (SSSR count). The number of hydrogen-bond donors (Lipinski definition) is 1. The van der Waals surface area contributed by atoms with Crippen molar-refractivity contribution in [2.24, 2.45) is 0 Å². The van der Waals surface area contributed by atoms with Crippen LogP contribution >= 0.6 is 0 Å². The zero-order valence-corrected chi connectivity index (χ0v) is 13.8. The smallest absolute Gasteiger partial charge is 0.234 e. The molecule has 1 saturated heterocycles. The van der Waals surface area contributed by atoms with Crippen LogP contribution in [-0.4, -0.2) is 54.3 Å². The lowest BCUT2D eigenvalue weighted by atomic mass is 9.88. The molecule has 0 spiro atoms. The fourth-order valence-electron chi connectivity index (χ4n) is 3.57. The summed E-state index contributed by atoms with van der Waals surface area (Å²) < 4.78 is 0. The molecule has 23 heavy (non-hydrogen) atoms. The number of piperazine rings is 1. The summed E-state index contributed by atoms with van der Waals surface area (Å²) >= 11 is 0. The summed E-state index contributed by atoms with van der Waals surface area (Å²) in [4.78, 5) is 27.7. The van der Waals surface area contributed by atoms with E-state index in [1.165, 1.54) is 11.1 Å². The number of nitrogens with zero attached hydrogens (tertiary/aromatic N) is 2. The van der Waals surface area contributed by atoms with Crippen LogP contribution in [0.15, 0.2) is 24.3 Å². The Morgan fingerprint density at radius 1 is 1.17 bits per heavy atom. The Balaban J connectivity index is 1.52. The van der Waals surface area contributed by atoms with E-state index in [1.54, 1.807) is 6.92 Å². The van der Waals surface area contributed by atoms with Crippen molar-refractivity contribution >= 4 is 11.8 Å². The highest BCUT2D eigenvalue weighted by Gasteiger charge is 2.24. The molecule has 1 aliphatic carbocycles. The predicted octanol–water partition coefficient (Wildman–Crippen LogP) is 1.34. The Labute approximate surface area is 137 Å². The fourth-order valence-corrected chi connectivity index (χ4v) is 3.57.